The molecule has 2 rings (SSSR count). The Kier molecular flexibility index (Phi) is 5.34. The maximum atomic E-state index is 11.7. The summed E-state index contributed by atoms with van der Waals surface area (Å²) in [5, 5.41) is 0. The van der Waals surface area contributed by atoms with Crippen molar-refractivity contribution in [3.8, 4) is 5.75 Å². The van der Waals surface area contributed by atoms with Gasteiger partial charge in [0, 0.05) is 22.4 Å². The van der Waals surface area contributed by atoms with Gasteiger partial charge in [0.25, 0.3) is 5.91 Å². The molecule has 1 heterocycles. The van der Waals surface area contributed by atoms with E-state index in [-0.39, 0.29) is 12.5 Å². The van der Waals surface area contributed by atoms with E-state index in [0.29, 0.717) is 11.4 Å². The zero-order valence-electron chi connectivity index (χ0n) is 11.2. The van der Waals surface area contributed by atoms with Crippen molar-refractivity contribution in [3.05, 3.63) is 65.4 Å². The van der Waals surface area contributed by atoms with Gasteiger partial charge in [0.05, 0.1) is 5.70 Å². The molecular weight excluding hydrogens is 334 g/mol. The average molecular weight is 348 g/mol. The van der Waals surface area contributed by atoms with Crippen molar-refractivity contribution >= 4 is 27.5 Å². The first-order chi connectivity index (χ1) is 10.1. The number of nitrogens with zero attached hydrogens (tertiary/aromatic N) is 1. The van der Waals surface area contributed by atoms with Gasteiger partial charge >= 0.3 is 0 Å². The second-order valence-electron chi connectivity index (χ2n) is 4.14. The number of ether oxygens (including phenoxy) is 1. The predicted octanol–water partition coefficient (Wildman–Crippen LogP) is 2.51. The highest BCUT2D eigenvalue weighted by Gasteiger charge is 2.04. The second-order valence-corrected chi connectivity index (χ2v) is 5.06. The highest BCUT2D eigenvalue weighted by Crippen LogP contribution is 2.17. The van der Waals surface area contributed by atoms with Gasteiger partial charge in [0.1, 0.15) is 5.75 Å². The van der Waals surface area contributed by atoms with E-state index in [1.165, 1.54) is 0 Å². The van der Waals surface area contributed by atoms with Crippen molar-refractivity contribution in [2.24, 2.45) is 0 Å². The maximum Gasteiger partial charge on any atom is 0.276 e. The molecule has 0 spiro atoms. The van der Waals surface area contributed by atoms with Crippen LogP contribution >= 0.6 is 15.9 Å². The zero-order valence-corrected chi connectivity index (χ0v) is 12.8. The minimum absolute atomic E-state index is 0.0935. The molecule has 1 aromatic carbocycles. The minimum Gasteiger partial charge on any atom is -0.484 e. The van der Waals surface area contributed by atoms with E-state index in [1.807, 2.05) is 18.2 Å². The van der Waals surface area contributed by atoms with Crippen molar-refractivity contribution in [2.45, 2.75) is 0 Å². The lowest BCUT2D eigenvalue weighted by Crippen LogP contribution is -2.38. The normalized spacial score (nSPS) is 9.76. The fraction of sp³-hybridized carbons (Fsp3) is 0.0667. The molecule has 0 fully saturated rings. The molecule has 2 aromatic rings. The average Bonchev–Trinajstić information content (AvgIpc) is 2.51. The van der Waals surface area contributed by atoms with E-state index in [2.05, 4.69) is 38.3 Å². The van der Waals surface area contributed by atoms with Crippen LogP contribution in [0.2, 0.25) is 0 Å². The van der Waals surface area contributed by atoms with Gasteiger partial charge in [-0.25, -0.2) is 0 Å². The van der Waals surface area contributed by atoms with Gasteiger partial charge < -0.3 is 4.74 Å². The van der Waals surface area contributed by atoms with Gasteiger partial charge in [-0.15, -0.1) is 0 Å². The number of aromatic nitrogens is 1. The summed E-state index contributed by atoms with van der Waals surface area (Å²) in [6.07, 6.45) is 3.32. The minimum atomic E-state index is -0.306. The Morgan fingerprint density at radius 3 is 2.86 bits per heavy atom. The molecule has 1 amide bonds. The topological polar surface area (TPSA) is 63.2 Å². The summed E-state index contributed by atoms with van der Waals surface area (Å²) in [6, 6.07) is 10.9. The van der Waals surface area contributed by atoms with Gasteiger partial charge in [0.15, 0.2) is 6.61 Å². The molecular formula is C15H14BrN3O2. The van der Waals surface area contributed by atoms with Crippen LogP contribution in [0.25, 0.3) is 5.70 Å². The largest absolute Gasteiger partial charge is 0.484 e. The lowest BCUT2D eigenvalue weighted by Gasteiger charge is -2.11. The molecule has 0 radical (unpaired) electrons. The molecule has 0 aliphatic heterocycles. The summed E-state index contributed by atoms with van der Waals surface area (Å²) in [5.74, 6) is 0.311. The number of hydrogen-bond donors (Lipinski definition) is 2. The Morgan fingerprint density at radius 2 is 2.14 bits per heavy atom. The Labute approximate surface area is 131 Å². The molecule has 0 aliphatic rings. The third-order valence-electron chi connectivity index (χ3n) is 2.53. The number of rotatable bonds is 6. The van der Waals surface area contributed by atoms with Gasteiger partial charge in [-0.05, 0) is 30.3 Å². The molecule has 0 unspecified atom stereocenters. The van der Waals surface area contributed by atoms with Crippen LogP contribution < -0.4 is 15.6 Å². The first-order valence-corrected chi connectivity index (χ1v) is 6.97. The van der Waals surface area contributed by atoms with Crippen LogP contribution in [0.3, 0.4) is 0 Å². The van der Waals surface area contributed by atoms with Crippen molar-refractivity contribution in [3.63, 3.8) is 0 Å². The highest BCUT2D eigenvalue weighted by atomic mass is 79.9. The number of halogens is 1. The highest BCUT2D eigenvalue weighted by molar-refractivity contribution is 9.10. The summed E-state index contributed by atoms with van der Waals surface area (Å²) < 4.78 is 6.25. The Bertz CT molecular complexity index is 632. The summed E-state index contributed by atoms with van der Waals surface area (Å²) in [6.45, 7) is 3.72. The number of hydrazine groups is 1. The second kappa shape index (κ2) is 7.44. The summed E-state index contributed by atoms with van der Waals surface area (Å²) in [5.41, 5.74) is 6.59. The van der Waals surface area contributed by atoms with Crippen molar-refractivity contribution < 1.29 is 9.53 Å². The van der Waals surface area contributed by atoms with Crippen LogP contribution in [-0.2, 0) is 4.79 Å². The standard InChI is InChI=1S/C15H14BrN3O2/c1-11(12-4-3-7-17-9-12)18-19-15(20)10-21-14-6-2-5-13(16)8-14/h2-9,18H,1,10H2,(H,19,20). The van der Waals surface area contributed by atoms with Crippen molar-refractivity contribution in [2.75, 3.05) is 6.61 Å². The Balaban J connectivity index is 1.76. The van der Waals surface area contributed by atoms with Gasteiger partial charge in [-0.3, -0.25) is 20.6 Å². The third-order valence-corrected chi connectivity index (χ3v) is 3.02. The smallest absolute Gasteiger partial charge is 0.276 e. The number of nitrogens with one attached hydrogen (secondary N) is 2. The van der Waals surface area contributed by atoms with Crippen LogP contribution in [0.15, 0.2) is 59.8 Å². The van der Waals surface area contributed by atoms with E-state index >= 15 is 0 Å². The monoisotopic (exact) mass is 347 g/mol. The van der Waals surface area contributed by atoms with Crippen molar-refractivity contribution in [1.29, 1.82) is 0 Å². The van der Waals surface area contributed by atoms with E-state index in [9.17, 15) is 4.79 Å². The van der Waals surface area contributed by atoms with Crippen LogP contribution in [0.5, 0.6) is 5.75 Å². The molecule has 0 aliphatic carbocycles. The molecule has 2 N–H and O–H groups in total. The van der Waals surface area contributed by atoms with E-state index < -0.39 is 0 Å². The molecule has 0 bridgehead atoms. The van der Waals surface area contributed by atoms with Gasteiger partial charge in [0.2, 0.25) is 0 Å². The predicted molar refractivity (Wildman–Crippen MR) is 84.2 cm³/mol. The first kappa shape index (κ1) is 15.1. The Morgan fingerprint density at radius 1 is 1.29 bits per heavy atom. The lowest BCUT2D eigenvalue weighted by molar-refractivity contribution is -0.123. The molecule has 21 heavy (non-hydrogen) atoms. The van der Waals surface area contributed by atoms with Crippen molar-refractivity contribution in [1.82, 2.24) is 15.8 Å². The number of benzene rings is 1. The molecule has 0 saturated carbocycles. The van der Waals surface area contributed by atoms with Crippen LogP contribution in [-0.4, -0.2) is 17.5 Å². The quantitative estimate of drug-likeness (QED) is 0.788. The van der Waals surface area contributed by atoms with E-state index in [1.54, 1.807) is 30.6 Å². The summed E-state index contributed by atoms with van der Waals surface area (Å²) in [4.78, 5) is 15.6. The number of hydrogen-bond acceptors (Lipinski definition) is 4. The lowest BCUT2D eigenvalue weighted by atomic mass is 10.2. The fourth-order valence-electron chi connectivity index (χ4n) is 1.50. The third kappa shape index (κ3) is 4.92. The molecule has 0 atom stereocenters. The number of carbonyl (C=O) groups is 1. The number of pyridine rings is 1. The van der Waals surface area contributed by atoms with Crippen LogP contribution in [0, 0.1) is 0 Å². The first-order valence-electron chi connectivity index (χ1n) is 6.17. The van der Waals surface area contributed by atoms with Gasteiger partial charge in [-0.1, -0.05) is 28.6 Å². The van der Waals surface area contributed by atoms with E-state index in [0.717, 1.165) is 10.0 Å². The van der Waals surface area contributed by atoms with E-state index in [4.69, 9.17) is 4.74 Å². The van der Waals surface area contributed by atoms with Crippen LogP contribution in [0.1, 0.15) is 5.56 Å². The summed E-state index contributed by atoms with van der Waals surface area (Å²) in [7, 11) is 0. The molecule has 1 aromatic heterocycles. The molecule has 0 saturated heterocycles. The van der Waals surface area contributed by atoms with Gasteiger partial charge in [-0.2, -0.15) is 0 Å². The van der Waals surface area contributed by atoms with Crippen LogP contribution in [0.4, 0.5) is 0 Å². The molecule has 5 nitrogen and oxygen atoms in total. The summed E-state index contributed by atoms with van der Waals surface area (Å²) >= 11 is 3.33. The zero-order chi connectivity index (χ0) is 15.1. The maximum absolute atomic E-state index is 11.7. The fourth-order valence-corrected chi connectivity index (χ4v) is 1.88. The SMILES string of the molecule is C=C(NNC(=O)COc1cccc(Br)c1)c1cccnc1. The molecule has 6 heteroatoms. The molecule has 108 valence electrons. The Hall–Kier alpha value is -2.34. The number of carbonyl (C=O) groups excluding carboxylic acids is 1. The number of amides is 1.